The molecule has 2 rings (SSSR count). The minimum absolute atomic E-state index is 0.0450. The Balaban J connectivity index is 2.38. The van der Waals surface area contributed by atoms with Gasteiger partial charge in [0, 0.05) is 13.0 Å². The number of hydrogen-bond acceptors (Lipinski definition) is 5. The first-order valence-corrected chi connectivity index (χ1v) is 5.69. The SMILES string of the molecule is COC(=O)CN1CCC(=O)c2c(OC)cccc21. The van der Waals surface area contributed by atoms with Crippen molar-refractivity contribution in [2.24, 2.45) is 0 Å². The molecule has 18 heavy (non-hydrogen) atoms. The van der Waals surface area contributed by atoms with Crippen molar-refractivity contribution in [3.05, 3.63) is 23.8 Å². The molecule has 0 radical (unpaired) electrons. The second kappa shape index (κ2) is 5.08. The van der Waals surface area contributed by atoms with Crippen LogP contribution < -0.4 is 9.64 Å². The van der Waals surface area contributed by atoms with Gasteiger partial charge >= 0.3 is 5.97 Å². The quantitative estimate of drug-likeness (QED) is 0.755. The minimum Gasteiger partial charge on any atom is -0.496 e. The second-order valence-corrected chi connectivity index (χ2v) is 4.03. The van der Waals surface area contributed by atoms with E-state index in [2.05, 4.69) is 4.74 Å². The Hall–Kier alpha value is -2.04. The standard InChI is InChI=1S/C13H15NO4/c1-17-11-5-3-4-9-13(11)10(15)6-7-14(9)8-12(16)18-2/h3-5H,6-8H2,1-2H3. The fraction of sp³-hybridized carbons (Fsp3) is 0.385. The van der Waals surface area contributed by atoms with E-state index >= 15 is 0 Å². The summed E-state index contributed by atoms with van der Waals surface area (Å²) in [7, 11) is 2.88. The summed E-state index contributed by atoms with van der Waals surface area (Å²) in [4.78, 5) is 25.1. The van der Waals surface area contributed by atoms with Crippen LogP contribution in [0.25, 0.3) is 0 Å². The topological polar surface area (TPSA) is 55.8 Å². The summed E-state index contributed by atoms with van der Waals surface area (Å²) in [5.74, 6) is 0.272. The van der Waals surface area contributed by atoms with Crippen molar-refractivity contribution in [1.29, 1.82) is 0 Å². The largest absolute Gasteiger partial charge is 0.496 e. The molecule has 0 aromatic heterocycles. The third kappa shape index (κ3) is 2.16. The van der Waals surface area contributed by atoms with Crippen molar-refractivity contribution in [2.45, 2.75) is 6.42 Å². The van der Waals surface area contributed by atoms with Gasteiger partial charge in [-0.1, -0.05) is 6.07 Å². The number of esters is 1. The molecule has 1 aliphatic heterocycles. The summed E-state index contributed by atoms with van der Waals surface area (Å²) in [6.07, 6.45) is 0.379. The van der Waals surface area contributed by atoms with Crippen molar-refractivity contribution in [3.63, 3.8) is 0 Å². The van der Waals surface area contributed by atoms with Crippen LogP contribution in [0.15, 0.2) is 18.2 Å². The summed E-state index contributed by atoms with van der Waals surface area (Å²) in [6.45, 7) is 0.665. The Morgan fingerprint density at radius 3 is 2.83 bits per heavy atom. The van der Waals surface area contributed by atoms with Crippen LogP contribution >= 0.6 is 0 Å². The molecule has 0 saturated carbocycles. The average molecular weight is 249 g/mol. The molecule has 5 heteroatoms. The van der Waals surface area contributed by atoms with Gasteiger partial charge in [0.2, 0.25) is 0 Å². The number of nitrogens with zero attached hydrogens (tertiary/aromatic N) is 1. The lowest BCUT2D eigenvalue weighted by Crippen LogP contribution is -2.36. The van der Waals surface area contributed by atoms with Crippen LogP contribution in [0.1, 0.15) is 16.8 Å². The van der Waals surface area contributed by atoms with E-state index in [0.29, 0.717) is 24.3 Å². The van der Waals surface area contributed by atoms with Crippen molar-refractivity contribution in [2.75, 3.05) is 32.2 Å². The normalized spacial score (nSPS) is 14.1. The number of Topliss-reactive ketones (excluding diaryl/α,β-unsaturated/α-hetero) is 1. The van der Waals surface area contributed by atoms with Crippen molar-refractivity contribution >= 4 is 17.4 Å². The number of benzene rings is 1. The second-order valence-electron chi connectivity index (χ2n) is 4.03. The number of ketones is 1. The number of anilines is 1. The molecule has 0 spiro atoms. The Labute approximate surface area is 105 Å². The van der Waals surface area contributed by atoms with Crippen molar-refractivity contribution in [1.82, 2.24) is 0 Å². The molecule has 1 aromatic carbocycles. The van der Waals surface area contributed by atoms with Gasteiger partial charge < -0.3 is 14.4 Å². The summed E-state index contributed by atoms with van der Waals surface area (Å²) in [5, 5.41) is 0. The molecule has 1 heterocycles. The number of hydrogen-bond donors (Lipinski definition) is 0. The Morgan fingerprint density at radius 1 is 1.39 bits per heavy atom. The molecule has 0 saturated heterocycles. The van der Waals surface area contributed by atoms with Gasteiger partial charge in [-0.2, -0.15) is 0 Å². The first-order valence-electron chi connectivity index (χ1n) is 5.69. The molecule has 1 aliphatic rings. The molecule has 1 aromatic rings. The van der Waals surface area contributed by atoms with Gasteiger partial charge in [0.05, 0.1) is 25.5 Å². The summed E-state index contributed by atoms with van der Waals surface area (Å²) in [5.41, 5.74) is 1.28. The van der Waals surface area contributed by atoms with E-state index in [1.807, 2.05) is 11.0 Å². The fourth-order valence-electron chi connectivity index (χ4n) is 2.10. The monoisotopic (exact) mass is 249 g/mol. The highest BCUT2D eigenvalue weighted by molar-refractivity contribution is 6.06. The molecule has 0 atom stereocenters. The zero-order chi connectivity index (χ0) is 13.1. The number of fused-ring (bicyclic) bond motifs is 1. The molecule has 0 fully saturated rings. The van der Waals surface area contributed by atoms with Crippen LogP contribution in [0.4, 0.5) is 5.69 Å². The minimum atomic E-state index is -0.321. The maximum absolute atomic E-state index is 11.9. The predicted octanol–water partition coefficient (Wildman–Crippen LogP) is 1.26. The molecule has 0 N–H and O–H groups in total. The average Bonchev–Trinajstić information content (AvgIpc) is 2.41. The molecule has 5 nitrogen and oxygen atoms in total. The fourth-order valence-corrected chi connectivity index (χ4v) is 2.10. The zero-order valence-electron chi connectivity index (χ0n) is 10.4. The van der Waals surface area contributed by atoms with Crippen LogP contribution in [0.5, 0.6) is 5.75 Å². The van der Waals surface area contributed by atoms with Gasteiger partial charge in [-0.15, -0.1) is 0 Å². The third-order valence-electron chi connectivity index (χ3n) is 3.00. The first-order chi connectivity index (χ1) is 8.67. The van der Waals surface area contributed by atoms with Crippen molar-refractivity contribution < 1.29 is 19.1 Å². The van der Waals surface area contributed by atoms with Gasteiger partial charge in [-0.25, -0.2) is 0 Å². The summed E-state index contributed by atoms with van der Waals surface area (Å²) >= 11 is 0. The lowest BCUT2D eigenvalue weighted by molar-refractivity contribution is -0.138. The van der Waals surface area contributed by atoms with Crippen LogP contribution in [0.2, 0.25) is 0 Å². The molecule has 96 valence electrons. The number of carbonyl (C=O) groups excluding carboxylic acids is 2. The number of rotatable bonds is 3. The highest BCUT2D eigenvalue weighted by atomic mass is 16.5. The third-order valence-corrected chi connectivity index (χ3v) is 3.00. The van der Waals surface area contributed by atoms with E-state index in [0.717, 1.165) is 5.69 Å². The maximum Gasteiger partial charge on any atom is 0.325 e. The van der Waals surface area contributed by atoms with E-state index in [1.54, 1.807) is 12.1 Å². The molecule has 0 amide bonds. The van der Waals surface area contributed by atoms with Crippen molar-refractivity contribution in [3.8, 4) is 5.75 Å². The van der Waals surface area contributed by atoms with E-state index in [1.165, 1.54) is 14.2 Å². The first kappa shape index (κ1) is 12.4. The Morgan fingerprint density at radius 2 is 2.17 bits per heavy atom. The van der Waals surface area contributed by atoms with Gasteiger partial charge in [0.25, 0.3) is 0 Å². The number of methoxy groups -OCH3 is 2. The molecule has 0 unspecified atom stereocenters. The zero-order valence-corrected chi connectivity index (χ0v) is 10.4. The number of carbonyl (C=O) groups is 2. The molecular formula is C13H15NO4. The molecule has 0 aliphatic carbocycles. The van der Waals surface area contributed by atoms with E-state index < -0.39 is 0 Å². The van der Waals surface area contributed by atoms with Crippen LogP contribution in [-0.4, -0.2) is 39.1 Å². The molecule has 0 bridgehead atoms. The lowest BCUT2D eigenvalue weighted by Gasteiger charge is -2.30. The van der Waals surface area contributed by atoms with Gasteiger partial charge in [-0.3, -0.25) is 9.59 Å². The highest BCUT2D eigenvalue weighted by Crippen LogP contribution is 2.33. The van der Waals surface area contributed by atoms with Gasteiger partial charge in [0.1, 0.15) is 12.3 Å². The smallest absolute Gasteiger partial charge is 0.325 e. The summed E-state index contributed by atoms with van der Waals surface area (Å²) < 4.78 is 9.85. The predicted molar refractivity (Wildman–Crippen MR) is 66.2 cm³/mol. The van der Waals surface area contributed by atoms with E-state index in [9.17, 15) is 9.59 Å². The Bertz CT molecular complexity index is 484. The summed E-state index contributed by atoms with van der Waals surface area (Å²) in [6, 6.07) is 5.37. The van der Waals surface area contributed by atoms with E-state index in [4.69, 9.17) is 4.74 Å². The Kier molecular flexibility index (Phi) is 3.50. The van der Waals surface area contributed by atoms with E-state index in [-0.39, 0.29) is 18.3 Å². The van der Waals surface area contributed by atoms with Gasteiger partial charge in [0.15, 0.2) is 5.78 Å². The van der Waals surface area contributed by atoms with Crippen LogP contribution in [0, 0.1) is 0 Å². The molecular weight excluding hydrogens is 234 g/mol. The van der Waals surface area contributed by atoms with Crippen LogP contribution in [0.3, 0.4) is 0 Å². The van der Waals surface area contributed by atoms with Crippen LogP contribution in [-0.2, 0) is 9.53 Å². The van der Waals surface area contributed by atoms with Gasteiger partial charge in [-0.05, 0) is 12.1 Å². The number of ether oxygens (including phenoxy) is 2. The maximum atomic E-state index is 11.9. The highest BCUT2D eigenvalue weighted by Gasteiger charge is 2.27. The lowest BCUT2D eigenvalue weighted by atomic mass is 9.99.